The first kappa shape index (κ1) is 25.0. The van der Waals surface area contributed by atoms with E-state index < -0.39 is 10.0 Å². The minimum absolute atomic E-state index is 0.327. The van der Waals surface area contributed by atoms with Gasteiger partial charge in [-0.05, 0) is 74.7 Å². The summed E-state index contributed by atoms with van der Waals surface area (Å²) in [5.41, 5.74) is 5.00. The van der Waals surface area contributed by atoms with E-state index in [4.69, 9.17) is 9.84 Å². The second-order valence-electron chi connectivity index (χ2n) is 9.19. The maximum atomic E-state index is 12.5. The second kappa shape index (κ2) is 10.4. The van der Waals surface area contributed by atoms with Gasteiger partial charge in [0.1, 0.15) is 5.75 Å². The molecule has 0 spiro atoms. The summed E-state index contributed by atoms with van der Waals surface area (Å²) in [5.74, 6) is 1.67. The van der Waals surface area contributed by atoms with Gasteiger partial charge in [-0.15, -0.1) is 5.10 Å². The molecule has 0 atom stereocenters. The first-order chi connectivity index (χ1) is 17.9. The Balaban J connectivity index is 1.50. The number of nitrogens with zero attached hydrogens (tertiary/aromatic N) is 4. The fourth-order valence-electron chi connectivity index (χ4n) is 4.99. The van der Waals surface area contributed by atoms with E-state index in [1.807, 2.05) is 49.4 Å². The van der Waals surface area contributed by atoms with Gasteiger partial charge in [0, 0.05) is 12.1 Å². The third kappa shape index (κ3) is 5.12. The summed E-state index contributed by atoms with van der Waals surface area (Å²) in [6.07, 6.45) is 5.19. The lowest BCUT2D eigenvalue weighted by Crippen LogP contribution is -2.29. The standard InChI is InChI=1S/C27H32N6O3S/c1-4-32(37(3,34)35)24-8-6-5-7-22(24)25-12-10-21-18-29-27(31-33(21)25)30-23-11-9-20(17-26(23)36-2)19-13-15-28-16-14-19/h5-12,17-19,28H,4,13-16H2,1-3H3,(H,30,31). The number of aromatic nitrogens is 3. The molecule has 1 saturated heterocycles. The van der Waals surface area contributed by atoms with Crippen LogP contribution in [-0.4, -0.2) is 56.0 Å². The molecule has 3 heterocycles. The van der Waals surface area contributed by atoms with Crippen LogP contribution in [0, 0.1) is 0 Å². The normalized spacial score (nSPS) is 14.6. The molecule has 4 aromatic rings. The van der Waals surface area contributed by atoms with Gasteiger partial charge in [-0.2, -0.15) is 0 Å². The number of anilines is 3. The number of sulfonamides is 1. The molecule has 37 heavy (non-hydrogen) atoms. The van der Waals surface area contributed by atoms with Crippen LogP contribution in [0.15, 0.2) is 60.8 Å². The molecule has 0 amide bonds. The summed E-state index contributed by atoms with van der Waals surface area (Å²) in [5, 5.41) is 11.5. The highest BCUT2D eigenvalue weighted by Gasteiger charge is 2.21. The molecular formula is C27H32N6O3S. The highest BCUT2D eigenvalue weighted by atomic mass is 32.2. The maximum absolute atomic E-state index is 12.5. The number of nitrogens with one attached hydrogen (secondary N) is 2. The summed E-state index contributed by atoms with van der Waals surface area (Å²) < 4.78 is 33.8. The van der Waals surface area contributed by atoms with Crippen molar-refractivity contribution in [2.75, 3.05) is 42.6 Å². The zero-order valence-electron chi connectivity index (χ0n) is 21.3. The molecule has 1 aliphatic heterocycles. The van der Waals surface area contributed by atoms with Crippen molar-refractivity contribution in [3.8, 4) is 17.0 Å². The largest absolute Gasteiger partial charge is 0.495 e. The molecule has 0 aliphatic carbocycles. The minimum Gasteiger partial charge on any atom is -0.495 e. The molecule has 9 nitrogen and oxygen atoms in total. The lowest BCUT2D eigenvalue weighted by molar-refractivity contribution is 0.413. The third-order valence-corrected chi connectivity index (χ3v) is 8.07. The van der Waals surface area contributed by atoms with Gasteiger partial charge >= 0.3 is 0 Å². The predicted molar refractivity (Wildman–Crippen MR) is 147 cm³/mol. The molecule has 1 aliphatic rings. The lowest BCUT2D eigenvalue weighted by Gasteiger charge is -2.24. The smallest absolute Gasteiger partial charge is 0.245 e. The molecule has 194 valence electrons. The molecule has 2 aromatic carbocycles. The van der Waals surface area contributed by atoms with Gasteiger partial charge in [-0.1, -0.05) is 24.3 Å². The summed E-state index contributed by atoms with van der Waals surface area (Å²) >= 11 is 0. The van der Waals surface area contributed by atoms with Crippen molar-refractivity contribution in [2.24, 2.45) is 0 Å². The number of rotatable bonds is 8. The van der Waals surface area contributed by atoms with E-state index in [-0.39, 0.29) is 0 Å². The zero-order valence-corrected chi connectivity index (χ0v) is 22.1. The lowest BCUT2D eigenvalue weighted by atomic mass is 9.90. The Labute approximate surface area is 217 Å². The van der Waals surface area contributed by atoms with Crippen LogP contribution in [0.25, 0.3) is 16.8 Å². The van der Waals surface area contributed by atoms with Crippen molar-refractivity contribution >= 4 is 32.9 Å². The highest BCUT2D eigenvalue weighted by Crippen LogP contribution is 2.35. The van der Waals surface area contributed by atoms with Gasteiger partial charge in [0.25, 0.3) is 0 Å². The van der Waals surface area contributed by atoms with Gasteiger partial charge in [-0.25, -0.2) is 17.9 Å². The van der Waals surface area contributed by atoms with E-state index in [1.54, 1.807) is 17.8 Å². The number of ether oxygens (including phenoxy) is 1. The summed E-state index contributed by atoms with van der Waals surface area (Å²) in [6.45, 7) is 4.21. The monoisotopic (exact) mass is 520 g/mol. The number of para-hydroxylation sites is 1. The van der Waals surface area contributed by atoms with E-state index in [0.29, 0.717) is 24.1 Å². The van der Waals surface area contributed by atoms with Crippen LogP contribution in [0.1, 0.15) is 31.2 Å². The Morgan fingerprint density at radius 1 is 1.14 bits per heavy atom. The number of piperidine rings is 1. The van der Waals surface area contributed by atoms with Crippen LogP contribution < -0.4 is 19.7 Å². The van der Waals surface area contributed by atoms with Gasteiger partial charge in [0.2, 0.25) is 16.0 Å². The van der Waals surface area contributed by atoms with E-state index in [2.05, 4.69) is 27.8 Å². The molecular weight excluding hydrogens is 488 g/mol. The number of hydrogen-bond acceptors (Lipinski definition) is 7. The van der Waals surface area contributed by atoms with Gasteiger partial charge < -0.3 is 15.4 Å². The SMILES string of the molecule is CCN(c1ccccc1-c1ccc2cnc(Nc3ccc(C4CCNCC4)cc3OC)nn12)S(C)(=O)=O. The first-order valence-electron chi connectivity index (χ1n) is 12.5. The number of methoxy groups -OCH3 is 1. The van der Waals surface area contributed by atoms with Crippen LogP contribution in [-0.2, 0) is 10.0 Å². The van der Waals surface area contributed by atoms with Crippen LogP contribution in [0.3, 0.4) is 0 Å². The quantitative estimate of drug-likeness (QED) is 0.355. The molecule has 0 unspecified atom stereocenters. The molecule has 2 aromatic heterocycles. The van der Waals surface area contributed by atoms with Crippen LogP contribution in [0.2, 0.25) is 0 Å². The average molecular weight is 521 g/mol. The molecule has 0 bridgehead atoms. The van der Waals surface area contributed by atoms with Gasteiger partial charge in [0.15, 0.2) is 0 Å². The van der Waals surface area contributed by atoms with Crippen molar-refractivity contribution < 1.29 is 13.2 Å². The molecule has 0 saturated carbocycles. The fraction of sp³-hybridized carbons (Fsp3) is 0.333. The van der Waals surface area contributed by atoms with Crippen LogP contribution in [0.5, 0.6) is 5.75 Å². The van der Waals surface area contributed by atoms with Crippen molar-refractivity contribution in [1.82, 2.24) is 19.9 Å². The molecule has 10 heteroatoms. The zero-order chi connectivity index (χ0) is 26.0. The van der Waals surface area contributed by atoms with Crippen molar-refractivity contribution in [2.45, 2.75) is 25.7 Å². The number of benzene rings is 2. The summed E-state index contributed by atoms with van der Waals surface area (Å²) in [6, 6.07) is 17.5. The first-order valence-corrected chi connectivity index (χ1v) is 14.3. The highest BCUT2D eigenvalue weighted by molar-refractivity contribution is 7.92. The summed E-state index contributed by atoms with van der Waals surface area (Å²) in [7, 11) is -1.78. The van der Waals surface area contributed by atoms with Crippen LogP contribution in [0.4, 0.5) is 17.3 Å². The fourth-order valence-corrected chi connectivity index (χ4v) is 5.98. The van der Waals surface area contributed by atoms with Crippen molar-refractivity contribution in [3.63, 3.8) is 0 Å². The molecule has 5 rings (SSSR count). The van der Waals surface area contributed by atoms with E-state index in [9.17, 15) is 8.42 Å². The number of fused-ring (bicyclic) bond motifs is 1. The predicted octanol–water partition coefficient (Wildman–Crippen LogP) is 4.40. The van der Waals surface area contributed by atoms with Crippen LogP contribution >= 0.6 is 0 Å². The number of hydrogen-bond donors (Lipinski definition) is 2. The van der Waals surface area contributed by atoms with Gasteiger partial charge in [-0.3, -0.25) is 4.31 Å². The molecule has 1 fully saturated rings. The summed E-state index contributed by atoms with van der Waals surface area (Å²) in [4.78, 5) is 4.50. The van der Waals surface area contributed by atoms with Crippen molar-refractivity contribution in [1.29, 1.82) is 0 Å². The topological polar surface area (TPSA) is 101 Å². The Bertz CT molecular complexity index is 1510. The Morgan fingerprint density at radius 2 is 1.92 bits per heavy atom. The Hall–Kier alpha value is -3.63. The second-order valence-corrected chi connectivity index (χ2v) is 11.1. The van der Waals surface area contributed by atoms with E-state index in [0.717, 1.165) is 54.1 Å². The Kier molecular flexibility index (Phi) is 7.03. The van der Waals surface area contributed by atoms with E-state index >= 15 is 0 Å². The van der Waals surface area contributed by atoms with Gasteiger partial charge in [0.05, 0.1) is 42.1 Å². The molecule has 0 radical (unpaired) electrons. The van der Waals surface area contributed by atoms with E-state index in [1.165, 1.54) is 16.1 Å². The Morgan fingerprint density at radius 3 is 2.65 bits per heavy atom. The average Bonchev–Trinajstić information content (AvgIpc) is 3.32. The maximum Gasteiger partial charge on any atom is 0.245 e. The molecule has 2 N–H and O–H groups in total. The third-order valence-electron chi connectivity index (χ3n) is 6.82. The van der Waals surface area contributed by atoms with Crippen molar-refractivity contribution in [3.05, 3.63) is 66.4 Å². The minimum atomic E-state index is -3.44.